The lowest BCUT2D eigenvalue weighted by molar-refractivity contribution is -0.122. The van der Waals surface area contributed by atoms with Crippen LogP contribution in [0.2, 0.25) is 0 Å². The van der Waals surface area contributed by atoms with Crippen molar-refractivity contribution in [3.05, 3.63) is 34.2 Å². The Bertz CT molecular complexity index is 788. The summed E-state index contributed by atoms with van der Waals surface area (Å²) in [6, 6.07) is 7.45. The molecule has 4 rings (SSSR count). The Hall–Kier alpha value is -1.79. The average molecular weight is 365 g/mol. The van der Waals surface area contributed by atoms with E-state index in [1.807, 2.05) is 18.2 Å². The number of benzene rings is 1. The van der Waals surface area contributed by atoms with Crippen LogP contribution in [0.15, 0.2) is 23.0 Å². The molecular formula is C18H25ClN4O2. The van der Waals surface area contributed by atoms with E-state index in [2.05, 4.69) is 20.6 Å². The van der Waals surface area contributed by atoms with E-state index in [0.29, 0.717) is 24.5 Å². The number of carbonyl (C=O) groups excluding carboxylic acids is 1. The molecule has 6 nitrogen and oxygen atoms in total. The van der Waals surface area contributed by atoms with Crippen molar-refractivity contribution in [2.75, 3.05) is 0 Å². The first-order valence-corrected chi connectivity index (χ1v) is 8.92. The molecule has 4 N–H and O–H groups in total. The molecule has 0 saturated carbocycles. The van der Waals surface area contributed by atoms with E-state index in [-0.39, 0.29) is 24.0 Å². The molecule has 0 radical (unpaired) electrons. The Kier molecular flexibility index (Phi) is 5.49. The number of aromatic amines is 2. The summed E-state index contributed by atoms with van der Waals surface area (Å²) in [6.07, 6.45) is 6.86. The van der Waals surface area contributed by atoms with Gasteiger partial charge in [-0.1, -0.05) is 6.07 Å². The number of hydrogen-bond acceptors (Lipinski definition) is 3. The molecule has 2 fully saturated rings. The molecule has 3 heterocycles. The van der Waals surface area contributed by atoms with Crippen LogP contribution in [-0.2, 0) is 11.2 Å². The summed E-state index contributed by atoms with van der Waals surface area (Å²) in [6.45, 7) is 0. The number of fused-ring (bicyclic) bond motifs is 3. The molecule has 7 heteroatoms. The van der Waals surface area contributed by atoms with Crippen LogP contribution in [0.25, 0.3) is 11.0 Å². The molecule has 1 aromatic heterocycles. The highest BCUT2D eigenvalue weighted by Crippen LogP contribution is 2.26. The summed E-state index contributed by atoms with van der Waals surface area (Å²) >= 11 is 0. The molecule has 2 aromatic rings. The summed E-state index contributed by atoms with van der Waals surface area (Å²) in [5.74, 6) is 0.164. The average Bonchev–Trinajstić information content (AvgIpc) is 3.08. The third-order valence-corrected chi connectivity index (χ3v) is 5.29. The first kappa shape index (κ1) is 18.0. The minimum Gasteiger partial charge on any atom is -0.353 e. The number of aryl methyl sites for hydroxylation is 1. The first-order chi connectivity index (χ1) is 11.7. The molecule has 2 aliphatic heterocycles. The lowest BCUT2D eigenvalue weighted by atomic mass is 9.99. The van der Waals surface area contributed by atoms with Crippen LogP contribution in [0.3, 0.4) is 0 Å². The van der Waals surface area contributed by atoms with Gasteiger partial charge in [-0.05, 0) is 56.2 Å². The molecule has 1 aromatic carbocycles. The van der Waals surface area contributed by atoms with Crippen molar-refractivity contribution >= 4 is 29.3 Å². The third-order valence-electron chi connectivity index (χ3n) is 5.29. The maximum absolute atomic E-state index is 12.2. The van der Waals surface area contributed by atoms with Crippen LogP contribution in [-0.4, -0.2) is 34.0 Å². The Morgan fingerprint density at radius 2 is 1.84 bits per heavy atom. The van der Waals surface area contributed by atoms with Crippen LogP contribution < -0.4 is 16.3 Å². The summed E-state index contributed by atoms with van der Waals surface area (Å²) in [7, 11) is 0. The fourth-order valence-electron chi connectivity index (χ4n) is 4.16. The highest BCUT2D eigenvalue weighted by atomic mass is 35.5. The van der Waals surface area contributed by atoms with Gasteiger partial charge in [0.05, 0.1) is 11.0 Å². The largest absolute Gasteiger partial charge is 0.353 e. The van der Waals surface area contributed by atoms with E-state index >= 15 is 0 Å². The van der Waals surface area contributed by atoms with Crippen molar-refractivity contribution in [1.82, 2.24) is 20.6 Å². The molecule has 2 bridgehead atoms. The molecular weight excluding hydrogens is 340 g/mol. The van der Waals surface area contributed by atoms with Crippen molar-refractivity contribution in [3.63, 3.8) is 0 Å². The predicted octanol–water partition coefficient (Wildman–Crippen LogP) is 2.00. The lowest BCUT2D eigenvalue weighted by Gasteiger charge is -2.29. The molecule has 2 atom stereocenters. The Balaban J connectivity index is 0.00000182. The van der Waals surface area contributed by atoms with E-state index < -0.39 is 0 Å². The maximum Gasteiger partial charge on any atom is 0.323 e. The number of aromatic nitrogens is 2. The number of carbonyl (C=O) groups is 1. The van der Waals surface area contributed by atoms with Crippen molar-refractivity contribution in [1.29, 1.82) is 0 Å². The Morgan fingerprint density at radius 1 is 1.12 bits per heavy atom. The van der Waals surface area contributed by atoms with Crippen LogP contribution in [0.4, 0.5) is 0 Å². The normalized spacial score (nSPS) is 24.9. The number of halogens is 1. The molecule has 2 saturated heterocycles. The van der Waals surface area contributed by atoms with Gasteiger partial charge in [-0.3, -0.25) is 4.79 Å². The second-order valence-corrected chi connectivity index (χ2v) is 7.19. The van der Waals surface area contributed by atoms with Crippen LogP contribution in [0.1, 0.15) is 44.1 Å². The van der Waals surface area contributed by atoms with Gasteiger partial charge in [0.2, 0.25) is 5.91 Å². The minimum absolute atomic E-state index is 0. The van der Waals surface area contributed by atoms with Gasteiger partial charge in [0.25, 0.3) is 0 Å². The topological polar surface area (TPSA) is 89.8 Å². The van der Waals surface area contributed by atoms with Gasteiger partial charge in [0, 0.05) is 24.5 Å². The van der Waals surface area contributed by atoms with Crippen LogP contribution >= 0.6 is 12.4 Å². The SMILES string of the molecule is Cl.O=C(CCCc1ccc2[nH]c(=O)[nH]c2c1)NC1CC2CCC(C1)N2. The monoisotopic (exact) mass is 364 g/mol. The number of imidazole rings is 1. The summed E-state index contributed by atoms with van der Waals surface area (Å²) in [5, 5.41) is 6.80. The predicted molar refractivity (Wildman–Crippen MR) is 100 cm³/mol. The zero-order valence-electron chi connectivity index (χ0n) is 14.1. The zero-order chi connectivity index (χ0) is 16.5. The van der Waals surface area contributed by atoms with Crippen molar-refractivity contribution in [2.24, 2.45) is 0 Å². The molecule has 2 unspecified atom stereocenters. The summed E-state index contributed by atoms with van der Waals surface area (Å²) in [4.78, 5) is 28.9. The molecule has 1 amide bonds. The van der Waals surface area contributed by atoms with Gasteiger partial charge in [-0.25, -0.2) is 4.79 Å². The maximum atomic E-state index is 12.2. The van der Waals surface area contributed by atoms with Crippen LogP contribution in [0, 0.1) is 0 Å². The molecule has 2 aliphatic rings. The van der Waals surface area contributed by atoms with Crippen LogP contribution in [0.5, 0.6) is 0 Å². The summed E-state index contributed by atoms with van der Waals surface area (Å²) < 4.78 is 0. The molecule has 136 valence electrons. The van der Waals surface area contributed by atoms with Gasteiger partial charge >= 0.3 is 5.69 Å². The van der Waals surface area contributed by atoms with E-state index in [4.69, 9.17) is 0 Å². The van der Waals surface area contributed by atoms with Gasteiger partial charge < -0.3 is 20.6 Å². The third kappa shape index (κ3) is 4.25. The number of amides is 1. The number of nitrogens with one attached hydrogen (secondary N) is 4. The second-order valence-electron chi connectivity index (χ2n) is 7.19. The summed E-state index contributed by atoms with van der Waals surface area (Å²) in [5.41, 5.74) is 2.61. The smallest absolute Gasteiger partial charge is 0.323 e. The number of hydrogen-bond donors (Lipinski definition) is 4. The van der Waals surface area contributed by atoms with E-state index in [9.17, 15) is 9.59 Å². The van der Waals surface area contributed by atoms with Gasteiger partial charge in [0.1, 0.15) is 0 Å². The highest BCUT2D eigenvalue weighted by molar-refractivity contribution is 5.85. The molecule has 0 aliphatic carbocycles. The second kappa shape index (κ2) is 7.62. The fourth-order valence-corrected chi connectivity index (χ4v) is 4.16. The van der Waals surface area contributed by atoms with Crippen molar-refractivity contribution in [2.45, 2.75) is 63.1 Å². The van der Waals surface area contributed by atoms with E-state index in [1.165, 1.54) is 12.8 Å². The van der Waals surface area contributed by atoms with Gasteiger partial charge in [0.15, 0.2) is 0 Å². The van der Waals surface area contributed by atoms with Crippen molar-refractivity contribution < 1.29 is 4.79 Å². The van der Waals surface area contributed by atoms with Gasteiger partial charge in [-0.15, -0.1) is 12.4 Å². The zero-order valence-corrected chi connectivity index (χ0v) is 15.0. The molecule has 25 heavy (non-hydrogen) atoms. The quantitative estimate of drug-likeness (QED) is 0.654. The Morgan fingerprint density at radius 3 is 2.60 bits per heavy atom. The number of H-pyrrole nitrogens is 2. The highest BCUT2D eigenvalue weighted by Gasteiger charge is 2.33. The molecule has 0 spiro atoms. The minimum atomic E-state index is -0.183. The number of rotatable bonds is 5. The van der Waals surface area contributed by atoms with Crippen molar-refractivity contribution in [3.8, 4) is 0 Å². The first-order valence-electron chi connectivity index (χ1n) is 8.92. The van der Waals surface area contributed by atoms with Gasteiger partial charge in [-0.2, -0.15) is 0 Å². The van der Waals surface area contributed by atoms with E-state index in [0.717, 1.165) is 42.3 Å². The fraction of sp³-hybridized carbons (Fsp3) is 0.556. The van der Waals surface area contributed by atoms with E-state index in [1.54, 1.807) is 0 Å². The Labute approximate surface area is 152 Å². The lowest BCUT2D eigenvalue weighted by Crippen LogP contribution is -2.48. The standard InChI is InChI=1S/C18H24N4O2.ClH/c23-17(20-14-9-12-5-6-13(10-14)19-12)3-1-2-11-4-7-15-16(8-11)22-18(24)21-15;/h4,7-8,12-14,19H,1-3,5-6,9-10H2,(H,20,23)(H2,21,22,24);1H. The number of piperidine rings is 1.